The molecule has 0 saturated heterocycles. The Morgan fingerprint density at radius 3 is 2.69 bits per heavy atom. The number of carbonyl (C=O) groups is 1. The van der Waals surface area contributed by atoms with Crippen molar-refractivity contribution in [2.45, 2.75) is 19.0 Å². The average Bonchev–Trinajstić information content (AvgIpc) is 2.95. The van der Waals surface area contributed by atoms with Crippen molar-refractivity contribution in [3.8, 4) is 0 Å². The van der Waals surface area contributed by atoms with Crippen molar-refractivity contribution in [1.82, 2.24) is 9.88 Å². The van der Waals surface area contributed by atoms with Gasteiger partial charge in [-0.1, -0.05) is 35.9 Å². The van der Waals surface area contributed by atoms with E-state index < -0.39 is 4.92 Å². The van der Waals surface area contributed by atoms with Crippen LogP contribution >= 0.6 is 27.5 Å². The van der Waals surface area contributed by atoms with Crippen molar-refractivity contribution >= 4 is 39.1 Å². The van der Waals surface area contributed by atoms with Gasteiger partial charge in [-0.3, -0.25) is 19.9 Å². The summed E-state index contributed by atoms with van der Waals surface area (Å²) in [6.45, 7) is 0.292. The Labute approximate surface area is 180 Å². The van der Waals surface area contributed by atoms with Gasteiger partial charge in [0.05, 0.1) is 16.7 Å². The molecule has 4 rings (SSSR count). The van der Waals surface area contributed by atoms with E-state index in [1.165, 1.54) is 6.07 Å². The molecule has 0 radical (unpaired) electrons. The summed E-state index contributed by atoms with van der Waals surface area (Å²) in [5, 5.41) is 11.1. The van der Waals surface area contributed by atoms with Crippen LogP contribution in [-0.4, -0.2) is 20.7 Å². The van der Waals surface area contributed by atoms with Gasteiger partial charge in [0.15, 0.2) is 0 Å². The summed E-state index contributed by atoms with van der Waals surface area (Å²) < 4.78 is 0.884. The number of hydrogen-bond acceptors (Lipinski definition) is 4. The second-order valence-electron chi connectivity index (χ2n) is 6.72. The zero-order valence-electron chi connectivity index (χ0n) is 15.1. The Bertz CT molecular complexity index is 1120. The lowest BCUT2D eigenvalue weighted by Crippen LogP contribution is -2.29. The largest absolute Gasteiger partial charge is 0.327 e. The van der Waals surface area contributed by atoms with Crippen molar-refractivity contribution in [1.29, 1.82) is 0 Å². The van der Waals surface area contributed by atoms with Crippen LogP contribution in [0.15, 0.2) is 65.3 Å². The summed E-state index contributed by atoms with van der Waals surface area (Å²) in [6, 6.07) is 15.7. The number of pyridine rings is 1. The molecule has 1 aliphatic rings. The van der Waals surface area contributed by atoms with Gasteiger partial charge in [-0.05, 0) is 51.3 Å². The maximum Gasteiger partial charge on any atom is 0.287 e. The first kappa shape index (κ1) is 19.5. The van der Waals surface area contributed by atoms with Crippen molar-refractivity contribution in [2.75, 3.05) is 0 Å². The molecule has 29 heavy (non-hydrogen) atoms. The number of nitrogens with zero attached hydrogens (tertiary/aromatic N) is 3. The fourth-order valence-corrected chi connectivity index (χ4v) is 4.28. The quantitative estimate of drug-likeness (QED) is 0.371. The highest BCUT2D eigenvalue weighted by molar-refractivity contribution is 9.10. The first-order chi connectivity index (χ1) is 14.0. The summed E-state index contributed by atoms with van der Waals surface area (Å²) in [6.07, 6.45) is 2.27. The van der Waals surface area contributed by atoms with Crippen LogP contribution in [0.1, 0.15) is 33.2 Å². The van der Waals surface area contributed by atoms with E-state index in [9.17, 15) is 14.9 Å². The molecule has 1 amide bonds. The molecular weight excluding hydrogens is 458 g/mol. The summed E-state index contributed by atoms with van der Waals surface area (Å²) in [5.74, 6) is -0.0767. The molecule has 1 aliphatic heterocycles. The second-order valence-corrected chi connectivity index (χ2v) is 7.98. The van der Waals surface area contributed by atoms with Crippen molar-refractivity contribution in [2.24, 2.45) is 0 Å². The highest BCUT2D eigenvalue weighted by Gasteiger charge is 2.37. The van der Waals surface area contributed by atoms with Gasteiger partial charge < -0.3 is 4.90 Å². The number of nitro groups is 1. The van der Waals surface area contributed by atoms with Crippen LogP contribution in [-0.2, 0) is 13.0 Å². The van der Waals surface area contributed by atoms with Crippen LogP contribution in [0.4, 0.5) is 5.69 Å². The summed E-state index contributed by atoms with van der Waals surface area (Å²) >= 11 is 9.59. The summed E-state index contributed by atoms with van der Waals surface area (Å²) in [7, 11) is 0. The minimum Gasteiger partial charge on any atom is -0.327 e. The Morgan fingerprint density at radius 1 is 1.17 bits per heavy atom. The number of amides is 1. The van der Waals surface area contributed by atoms with E-state index in [0.29, 0.717) is 18.5 Å². The molecule has 2 heterocycles. The van der Waals surface area contributed by atoms with E-state index in [1.807, 2.05) is 36.4 Å². The van der Waals surface area contributed by atoms with Gasteiger partial charge in [0, 0.05) is 35.3 Å². The van der Waals surface area contributed by atoms with E-state index >= 15 is 0 Å². The molecule has 0 N–H and O–H groups in total. The van der Waals surface area contributed by atoms with E-state index in [4.69, 9.17) is 11.6 Å². The standard InChI is InChI=1S/C21H15BrClN3O3/c22-16-6-3-9-24-18(16)11-20-14-4-1-2-5-15(14)21(27)25(20)12-13-7-8-19(26(28)29)17(23)10-13/h1-10,20H,11-12H2. The first-order valence-electron chi connectivity index (χ1n) is 8.88. The average molecular weight is 473 g/mol. The maximum absolute atomic E-state index is 13.1. The third-order valence-electron chi connectivity index (χ3n) is 4.97. The Hall–Kier alpha value is -2.77. The first-order valence-corrected chi connectivity index (χ1v) is 10.0. The predicted molar refractivity (Wildman–Crippen MR) is 113 cm³/mol. The van der Waals surface area contributed by atoms with Crippen molar-refractivity contribution in [3.63, 3.8) is 0 Å². The summed E-state index contributed by atoms with van der Waals surface area (Å²) in [4.78, 5) is 29.8. The fourth-order valence-electron chi connectivity index (χ4n) is 3.59. The normalized spacial score (nSPS) is 15.4. The number of carbonyl (C=O) groups excluding carboxylic acids is 1. The lowest BCUT2D eigenvalue weighted by Gasteiger charge is -2.26. The molecule has 2 aromatic carbocycles. The number of halogens is 2. The van der Waals surface area contributed by atoms with Gasteiger partial charge in [0.2, 0.25) is 0 Å². The van der Waals surface area contributed by atoms with Gasteiger partial charge in [-0.2, -0.15) is 0 Å². The van der Waals surface area contributed by atoms with Crippen LogP contribution < -0.4 is 0 Å². The maximum atomic E-state index is 13.1. The lowest BCUT2D eigenvalue weighted by atomic mass is 10.0. The molecule has 6 nitrogen and oxygen atoms in total. The number of hydrogen-bond donors (Lipinski definition) is 0. The Kier molecular flexibility index (Phi) is 5.34. The number of benzene rings is 2. The zero-order valence-corrected chi connectivity index (χ0v) is 17.4. The van der Waals surface area contributed by atoms with Crippen molar-refractivity contribution in [3.05, 3.63) is 103 Å². The molecule has 1 atom stereocenters. The van der Waals surface area contributed by atoms with E-state index in [0.717, 1.165) is 21.3 Å². The topological polar surface area (TPSA) is 76.3 Å². The SMILES string of the molecule is O=C1c2ccccc2C(Cc2ncccc2Br)N1Cc1ccc([N+](=O)[O-])c(Cl)c1. The van der Waals surface area contributed by atoms with Gasteiger partial charge in [0.25, 0.3) is 11.6 Å². The fraction of sp³-hybridized carbons (Fsp3) is 0.143. The monoisotopic (exact) mass is 471 g/mol. The predicted octanol–water partition coefficient (Wildman–Crippen LogP) is 5.35. The molecule has 146 valence electrons. The van der Waals surface area contributed by atoms with Gasteiger partial charge in [-0.25, -0.2) is 0 Å². The van der Waals surface area contributed by atoms with Crippen LogP contribution in [0.2, 0.25) is 5.02 Å². The number of fused-ring (bicyclic) bond motifs is 1. The molecular formula is C21H15BrClN3O3. The van der Waals surface area contributed by atoms with Crippen molar-refractivity contribution < 1.29 is 9.72 Å². The van der Waals surface area contributed by atoms with Gasteiger partial charge in [-0.15, -0.1) is 0 Å². The minimum atomic E-state index is -0.523. The number of rotatable bonds is 5. The molecule has 1 unspecified atom stereocenters. The van der Waals surface area contributed by atoms with E-state index in [2.05, 4.69) is 20.9 Å². The van der Waals surface area contributed by atoms with E-state index in [1.54, 1.807) is 23.2 Å². The van der Waals surface area contributed by atoms with Crippen LogP contribution in [0, 0.1) is 10.1 Å². The lowest BCUT2D eigenvalue weighted by molar-refractivity contribution is -0.384. The third kappa shape index (κ3) is 3.75. The molecule has 0 spiro atoms. The Balaban J connectivity index is 1.69. The zero-order chi connectivity index (χ0) is 20.5. The molecule has 1 aromatic heterocycles. The van der Waals surface area contributed by atoms with E-state index in [-0.39, 0.29) is 22.7 Å². The summed E-state index contributed by atoms with van der Waals surface area (Å²) in [5.41, 5.74) is 3.04. The highest BCUT2D eigenvalue weighted by Crippen LogP contribution is 2.38. The van der Waals surface area contributed by atoms with Gasteiger partial charge >= 0.3 is 0 Å². The van der Waals surface area contributed by atoms with Crippen LogP contribution in [0.3, 0.4) is 0 Å². The second kappa shape index (κ2) is 7.93. The highest BCUT2D eigenvalue weighted by atomic mass is 79.9. The minimum absolute atomic E-state index is 0.0562. The third-order valence-corrected chi connectivity index (χ3v) is 6.00. The Morgan fingerprint density at radius 2 is 1.97 bits per heavy atom. The van der Waals surface area contributed by atoms with Gasteiger partial charge in [0.1, 0.15) is 5.02 Å². The smallest absolute Gasteiger partial charge is 0.287 e. The molecule has 3 aromatic rings. The molecule has 0 bridgehead atoms. The number of nitro benzene ring substituents is 1. The van der Waals surface area contributed by atoms with Crippen LogP contribution in [0.5, 0.6) is 0 Å². The van der Waals surface area contributed by atoms with Crippen LogP contribution in [0.25, 0.3) is 0 Å². The molecule has 0 aliphatic carbocycles. The molecule has 0 fully saturated rings. The molecule has 8 heteroatoms. The number of aromatic nitrogens is 1. The molecule has 0 saturated carbocycles.